The largest absolute Gasteiger partial charge is 0.464 e. The molecule has 0 amide bonds. The molecule has 3 aromatic rings. The van der Waals surface area contributed by atoms with E-state index in [0.29, 0.717) is 0 Å². The number of rotatable bonds is 3. The van der Waals surface area contributed by atoms with E-state index in [2.05, 4.69) is 22.4 Å². The molecular weight excluding hydrogens is 224 g/mol. The second-order valence-electron chi connectivity index (χ2n) is 4.20. The average molecular weight is 238 g/mol. The van der Waals surface area contributed by atoms with Gasteiger partial charge in [0.1, 0.15) is 5.58 Å². The lowest BCUT2D eigenvalue weighted by Gasteiger charge is -2.14. The van der Waals surface area contributed by atoms with Gasteiger partial charge in [0.25, 0.3) is 0 Å². The normalized spacial score (nSPS) is 12.7. The van der Waals surface area contributed by atoms with Crippen LogP contribution in [0, 0.1) is 0 Å². The lowest BCUT2D eigenvalue weighted by Crippen LogP contribution is -2.17. The summed E-state index contributed by atoms with van der Waals surface area (Å²) >= 11 is 0. The Morgan fingerprint density at radius 2 is 2.06 bits per heavy atom. The molecule has 0 saturated heterocycles. The number of hydrogen-bond donors (Lipinski definition) is 1. The Morgan fingerprint density at radius 1 is 1.17 bits per heavy atom. The van der Waals surface area contributed by atoms with Crippen molar-refractivity contribution in [3.8, 4) is 0 Å². The predicted octanol–water partition coefficient (Wildman–Crippen LogP) is 3.14. The van der Waals surface area contributed by atoms with Crippen molar-refractivity contribution in [2.24, 2.45) is 0 Å². The highest BCUT2D eigenvalue weighted by atomic mass is 16.3. The van der Waals surface area contributed by atoms with Crippen LogP contribution in [-0.4, -0.2) is 12.0 Å². The maximum atomic E-state index is 5.59. The van der Waals surface area contributed by atoms with Crippen molar-refractivity contribution in [1.82, 2.24) is 10.3 Å². The fraction of sp³-hybridized carbons (Fsp3) is 0.133. The molecule has 1 unspecified atom stereocenters. The third-order valence-corrected chi connectivity index (χ3v) is 3.13. The molecule has 0 bridgehead atoms. The monoisotopic (exact) mass is 238 g/mol. The van der Waals surface area contributed by atoms with Gasteiger partial charge < -0.3 is 9.73 Å². The predicted molar refractivity (Wildman–Crippen MR) is 71.4 cm³/mol. The van der Waals surface area contributed by atoms with Crippen LogP contribution in [0.2, 0.25) is 0 Å². The minimum atomic E-state index is 0.0994. The molecule has 1 N–H and O–H groups in total. The van der Waals surface area contributed by atoms with E-state index in [-0.39, 0.29) is 6.04 Å². The minimum Gasteiger partial charge on any atom is -0.464 e. The summed E-state index contributed by atoms with van der Waals surface area (Å²) in [7, 11) is 1.94. The van der Waals surface area contributed by atoms with Gasteiger partial charge in [0.05, 0.1) is 12.3 Å². The summed E-state index contributed by atoms with van der Waals surface area (Å²) in [6.07, 6.45) is 5.48. The van der Waals surface area contributed by atoms with Gasteiger partial charge in [-0.2, -0.15) is 0 Å². The number of para-hydroxylation sites is 1. The van der Waals surface area contributed by atoms with Gasteiger partial charge in [0.2, 0.25) is 0 Å². The topological polar surface area (TPSA) is 38.1 Å². The number of nitrogens with zero attached hydrogens (tertiary/aromatic N) is 1. The zero-order valence-corrected chi connectivity index (χ0v) is 10.1. The lowest BCUT2D eigenvalue weighted by molar-refractivity contribution is 0.596. The van der Waals surface area contributed by atoms with Crippen molar-refractivity contribution in [1.29, 1.82) is 0 Å². The number of benzene rings is 1. The maximum absolute atomic E-state index is 5.59. The van der Waals surface area contributed by atoms with Crippen LogP contribution >= 0.6 is 0 Å². The molecule has 2 heterocycles. The first kappa shape index (κ1) is 11.0. The molecule has 3 heteroatoms. The fourth-order valence-electron chi connectivity index (χ4n) is 2.27. The minimum absolute atomic E-state index is 0.0994. The first-order chi connectivity index (χ1) is 8.90. The van der Waals surface area contributed by atoms with Gasteiger partial charge in [-0.3, -0.25) is 4.98 Å². The van der Waals surface area contributed by atoms with Crippen LogP contribution in [0.3, 0.4) is 0 Å². The van der Waals surface area contributed by atoms with Crippen molar-refractivity contribution in [2.75, 3.05) is 7.05 Å². The van der Waals surface area contributed by atoms with E-state index in [1.807, 2.05) is 43.8 Å². The third kappa shape index (κ3) is 1.79. The first-order valence-electron chi connectivity index (χ1n) is 5.93. The van der Waals surface area contributed by atoms with Crippen LogP contribution in [-0.2, 0) is 0 Å². The van der Waals surface area contributed by atoms with E-state index in [1.54, 1.807) is 6.20 Å². The molecule has 0 aliphatic heterocycles. The summed E-state index contributed by atoms with van der Waals surface area (Å²) < 4.78 is 5.59. The summed E-state index contributed by atoms with van der Waals surface area (Å²) in [5.41, 5.74) is 3.18. The summed E-state index contributed by atoms with van der Waals surface area (Å²) in [6.45, 7) is 0. The van der Waals surface area contributed by atoms with Gasteiger partial charge >= 0.3 is 0 Å². The van der Waals surface area contributed by atoms with E-state index in [4.69, 9.17) is 4.42 Å². The van der Waals surface area contributed by atoms with Crippen molar-refractivity contribution in [3.05, 3.63) is 66.2 Å². The summed E-state index contributed by atoms with van der Waals surface area (Å²) in [5, 5.41) is 4.45. The highest BCUT2D eigenvalue weighted by Crippen LogP contribution is 2.29. The summed E-state index contributed by atoms with van der Waals surface area (Å²) in [6, 6.07) is 12.2. The Balaban J connectivity index is 2.12. The molecule has 3 rings (SSSR count). The zero-order valence-electron chi connectivity index (χ0n) is 10.1. The fourth-order valence-corrected chi connectivity index (χ4v) is 2.27. The molecule has 90 valence electrons. The summed E-state index contributed by atoms with van der Waals surface area (Å²) in [5.74, 6) is 0. The first-order valence-corrected chi connectivity index (χ1v) is 5.93. The molecular formula is C15H14N2O. The van der Waals surface area contributed by atoms with E-state index >= 15 is 0 Å². The Kier molecular flexibility index (Phi) is 2.82. The highest BCUT2D eigenvalue weighted by molar-refractivity contribution is 5.81. The molecule has 0 aliphatic rings. The average Bonchev–Trinajstić information content (AvgIpc) is 2.85. The zero-order chi connectivity index (χ0) is 12.4. The van der Waals surface area contributed by atoms with Crippen LogP contribution in [0.4, 0.5) is 0 Å². The van der Waals surface area contributed by atoms with E-state index in [9.17, 15) is 0 Å². The lowest BCUT2D eigenvalue weighted by atomic mass is 10.00. The van der Waals surface area contributed by atoms with Gasteiger partial charge in [-0.15, -0.1) is 0 Å². The smallest absolute Gasteiger partial charge is 0.134 e. The van der Waals surface area contributed by atoms with Crippen LogP contribution in [0.25, 0.3) is 11.0 Å². The number of aromatic nitrogens is 1. The summed E-state index contributed by atoms with van der Waals surface area (Å²) in [4.78, 5) is 4.17. The number of furan rings is 1. The van der Waals surface area contributed by atoms with E-state index in [0.717, 1.165) is 22.1 Å². The number of pyridine rings is 1. The van der Waals surface area contributed by atoms with Crippen LogP contribution in [0.15, 0.2) is 59.5 Å². The molecule has 0 saturated carbocycles. The van der Waals surface area contributed by atoms with Gasteiger partial charge in [0.15, 0.2) is 0 Å². The quantitative estimate of drug-likeness (QED) is 0.761. The van der Waals surface area contributed by atoms with Crippen molar-refractivity contribution in [3.63, 3.8) is 0 Å². The third-order valence-electron chi connectivity index (χ3n) is 3.13. The van der Waals surface area contributed by atoms with E-state index in [1.165, 1.54) is 0 Å². The van der Waals surface area contributed by atoms with Gasteiger partial charge in [-0.05, 0) is 24.7 Å². The highest BCUT2D eigenvalue weighted by Gasteiger charge is 2.17. The molecule has 18 heavy (non-hydrogen) atoms. The van der Waals surface area contributed by atoms with Crippen molar-refractivity contribution >= 4 is 11.0 Å². The Labute approximate surface area is 105 Å². The molecule has 1 aromatic carbocycles. The number of hydrogen-bond acceptors (Lipinski definition) is 3. The number of nitrogens with one attached hydrogen (secondary N) is 1. The van der Waals surface area contributed by atoms with Crippen LogP contribution in [0.5, 0.6) is 0 Å². The Bertz CT molecular complexity index is 646. The van der Waals surface area contributed by atoms with Crippen LogP contribution < -0.4 is 5.32 Å². The van der Waals surface area contributed by atoms with Gasteiger partial charge in [0, 0.05) is 23.3 Å². The van der Waals surface area contributed by atoms with Gasteiger partial charge in [-0.1, -0.05) is 24.3 Å². The van der Waals surface area contributed by atoms with Crippen LogP contribution in [0.1, 0.15) is 17.2 Å². The molecule has 0 radical (unpaired) electrons. The molecule has 3 nitrogen and oxygen atoms in total. The van der Waals surface area contributed by atoms with Gasteiger partial charge in [-0.25, -0.2) is 0 Å². The second-order valence-corrected chi connectivity index (χ2v) is 4.20. The van der Waals surface area contributed by atoms with Crippen molar-refractivity contribution in [2.45, 2.75) is 6.04 Å². The molecule has 0 aliphatic carbocycles. The molecule has 0 spiro atoms. The Hall–Kier alpha value is -2.13. The van der Waals surface area contributed by atoms with Crippen molar-refractivity contribution < 1.29 is 4.42 Å². The SMILES string of the molecule is CNC(c1cccnc1)c1coc2ccccc12. The second kappa shape index (κ2) is 4.63. The molecule has 0 fully saturated rings. The maximum Gasteiger partial charge on any atom is 0.134 e. The van der Waals surface area contributed by atoms with E-state index < -0.39 is 0 Å². The standard InChI is InChI=1S/C15H14N2O/c1-16-15(11-5-4-8-17-9-11)13-10-18-14-7-3-2-6-12(13)14/h2-10,15-16H,1H3. The number of fused-ring (bicyclic) bond motifs is 1. The molecule has 2 aromatic heterocycles. The Morgan fingerprint density at radius 3 is 2.83 bits per heavy atom. The molecule has 1 atom stereocenters.